The number of fused-ring (bicyclic) bond motifs is 1. The maximum absolute atomic E-state index is 12.0. The SMILES string of the molecule is CCCC(=O)[C@@H](C)c1ccc2cc(OC)ccc2c1. The third-order valence-electron chi connectivity index (χ3n) is 3.55. The molecule has 0 aromatic heterocycles. The minimum atomic E-state index is -0.0218. The number of carbonyl (C=O) groups is 1. The van der Waals surface area contributed by atoms with E-state index in [1.165, 1.54) is 0 Å². The van der Waals surface area contributed by atoms with Crippen LogP contribution < -0.4 is 4.74 Å². The molecule has 0 bridgehead atoms. The van der Waals surface area contributed by atoms with E-state index in [4.69, 9.17) is 4.74 Å². The first kappa shape index (κ1) is 13.6. The van der Waals surface area contributed by atoms with E-state index in [-0.39, 0.29) is 5.92 Å². The predicted molar refractivity (Wildman–Crippen MR) is 78.8 cm³/mol. The minimum Gasteiger partial charge on any atom is -0.497 e. The molecule has 0 saturated heterocycles. The first-order chi connectivity index (χ1) is 9.15. The second kappa shape index (κ2) is 5.87. The summed E-state index contributed by atoms with van der Waals surface area (Å²) >= 11 is 0. The molecule has 2 aromatic carbocycles. The zero-order valence-corrected chi connectivity index (χ0v) is 11.8. The van der Waals surface area contributed by atoms with Gasteiger partial charge in [-0.15, -0.1) is 0 Å². The number of Topliss-reactive ketones (excluding diaryl/α,β-unsaturated/α-hetero) is 1. The Hall–Kier alpha value is -1.83. The molecule has 19 heavy (non-hydrogen) atoms. The smallest absolute Gasteiger partial charge is 0.140 e. The van der Waals surface area contributed by atoms with Crippen LogP contribution in [0.25, 0.3) is 10.8 Å². The molecule has 0 radical (unpaired) electrons. The number of benzene rings is 2. The third-order valence-corrected chi connectivity index (χ3v) is 3.55. The molecule has 0 N–H and O–H groups in total. The Balaban J connectivity index is 2.33. The van der Waals surface area contributed by atoms with Crippen LogP contribution in [0.4, 0.5) is 0 Å². The van der Waals surface area contributed by atoms with Crippen molar-refractivity contribution in [2.45, 2.75) is 32.6 Å². The second-order valence-corrected chi connectivity index (χ2v) is 4.91. The normalized spacial score (nSPS) is 12.4. The van der Waals surface area contributed by atoms with Crippen LogP contribution in [-0.4, -0.2) is 12.9 Å². The second-order valence-electron chi connectivity index (χ2n) is 4.91. The van der Waals surface area contributed by atoms with Crippen molar-refractivity contribution < 1.29 is 9.53 Å². The summed E-state index contributed by atoms with van der Waals surface area (Å²) in [7, 11) is 1.67. The van der Waals surface area contributed by atoms with E-state index in [0.717, 1.165) is 28.5 Å². The van der Waals surface area contributed by atoms with Gasteiger partial charge >= 0.3 is 0 Å². The van der Waals surface area contributed by atoms with E-state index in [0.29, 0.717) is 12.2 Å². The molecular weight excluding hydrogens is 236 g/mol. The van der Waals surface area contributed by atoms with Crippen molar-refractivity contribution in [2.24, 2.45) is 0 Å². The molecule has 2 heteroatoms. The largest absolute Gasteiger partial charge is 0.497 e. The van der Waals surface area contributed by atoms with Crippen molar-refractivity contribution in [2.75, 3.05) is 7.11 Å². The van der Waals surface area contributed by atoms with Gasteiger partial charge < -0.3 is 4.74 Å². The van der Waals surface area contributed by atoms with Crippen LogP contribution >= 0.6 is 0 Å². The molecule has 0 aliphatic carbocycles. The molecule has 2 rings (SSSR count). The number of carbonyl (C=O) groups excluding carboxylic acids is 1. The first-order valence-corrected chi connectivity index (χ1v) is 6.76. The molecule has 0 unspecified atom stereocenters. The highest BCUT2D eigenvalue weighted by Gasteiger charge is 2.14. The van der Waals surface area contributed by atoms with Crippen molar-refractivity contribution in [3.63, 3.8) is 0 Å². The van der Waals surface area contributed by atoms with Crippen LogP contribution in [0.15, 0.2) is 36.4 Å². The average molecular weight is 256 g/mol. The number of hydrogen-bond donors (Lipinski definition) is 0. The van der Waals surface area contributed by atoms with E-state index in [1.807, 2.05) is 38.1 Å². The standard InChI is InChI=1S/C17H20O2/c1-4-5-17(18)12(2)13-6-7-15-11-16(19-3)9-8-14(15)10-13/h6-12H,4-5H2,1-3H3/t12-/m0/s1. The first-order valence-electron chi connectivity index (χ1n) is 6.76. The van der Waals surface area contributed by atoms with Crippen molar-refractivity contribution in [3.8, 4) is 5.75 Å². The number of ether oxygens (including phenoxy) is 1. The van der Waals surface area contributed by atoms with E-state index in [2.05, 4.69) is 12.1 Å². The van der Waals surface area contributed by atoms with Crippen LogP contribution in [0.3, 0.4) is 0 Å². The Bertz CT molecular complexity index is 587. The molecule has 1 atom stereocenters. The zero-order valence-electron chi connectivity index (χ0n) is 11.8. The molecule has 2 aromatic rings. The predicted octanol–water partition coefficient (Wildman–Crippen LogP) is 4.32. The molecule has 0 amide bonds. The molecule has 100 valence electrons. The summed E-state index contributed by atoms with van der Waals surface area (Å²) < 4.78 is 5.22. The van der Waals surface area contributed by atoms with Gasteiger partial charge in [-0.1, -0.05) is 38.1 Å². The number of ketones is 1. The third kappa shape index (κ3) is 2.95. The van der Waals surface area contributed by atoms with Crippen molar-refractivity contribution in [3.05, 3.63) is 42.0 Å². The van der Waals surface area contributed by atoms with Crippen LogP contribution in [-0.2, 0) is 4.79 Å². The number of rotatable bonds is 5. The lowest BCUT2D eigenvalue weighted by Gasteiger charge is -2.11. The monoisotopic (exact) mass is 256 g/mol. The lowest BCUT2D eigenvalue weighted by Crippen LogP contribution is -2.08. The summed E-state index contributed by atoms with van der Waals surface area (Å²) in [5.41, 5.74) is 1.09. The molecule has 2 nitrogen and oxygen atoms in total. The van der Waals surface area contributed by atoms with Crippen LogP contribution in [0.1, 0.15) is 38.2 Å². The zero-order chi connectivity index (χ0) is 13.8. The van der Waals surface area contributed by atoms with E-state index in [1.54, 1.807) is 7.11 Å². The number of hydrogen-bond acceptors (Lipinski definition) is 2. The summed E-state index contributed by atoms with van der Waals surface area (Å²) in [6.45, 7) is 4.03. The van der Waals surface area contributed by atoms with Crippen LogP contribution in [0.5, 0.6) is 5.75 Å². The van der Waals surface area contributed by atoms with Gasteiger partial charge in [0.2, 0.25) is 0 Å². The van der Waals surface area contributed by atoms with Crippen molar-refractivity contribution >= 4 is 16.6 Å². The topological polar surface area (TPSA) is 26.3 Å². The Labute approximate surface area is 114 Å². The molecule has 0 saturated carbocycles. The molecule has 0 aliphatic heterocycles. The van der Waals surface area contributed by atoms with Crippen molar-refractivity contribution in [1.29, 1.82) is 0 Å². The summed E-state index contributed by atoms with van der Waals surface area (Å²) in [4.78, 5) is 12.0. The maximum Gasteiger partial charge on any atom is 0.140 e. The van der Waals surface area contributed by atoms with E-state index >= 15 is 0 Å². The summed E-state index contributed by atoms with van der Waals surface area (Å²) in [6, 6.07) is 12.2. The summed E-state index contributed by atoms with van der Waals surface area (Å²) in [5, 5.41) is 2.28. The van der Waals surface area contributed by atoms with Crippen LogP contribution in [0, 0.1) is 0 Å². The molecule has 0 fully saturated rings. The van der Waals surface area contributed by atoms with Crippen LogP contribution in [0.2, 0.25) is 0 Å². The van der Waals surface area contributed by atoms with Gasteiger partial charge in [-0.05, 0) is 34.9 Å². The Morgan fingerprint density at radius 3 is 2.53 bits per heavy atom. The molecular formula is C17H20O2. The summed E-state index contributed by atoms with van der Waals surface area (Å²) in [6.07, 6.45) is 1.57. The Kier molecular flexibility index (Phi) is 4.20. The van der Waals surface area contributed by atoms with Gasteiger partial charge in [-0.2, -0.15) is 0 Å². The van der Waals surface area contributed by atoms with Crippen molar-refractivity contribution in [1.82, 2.24) is 0 Å². The van der Waals surface area contributed by atoms with E-state index < -0.39 is 0 Å². The van der Waals surface area contributed by atoms with Gasteiger partial charge in [0, 0.05) is 12.3 Å². The molecule has 0 heterocycles. The lowest BCUT2D eigenvalue weighted by atomic mass is 9.92. The minimum absolute atomic E-state index is 0.0218. The maximum atomic E-state index is 12.0. The fourth-order valence-corrected chi connectivity index (χ4v) is 2.29. The van der Waals surface area contributed by atoms with Gasteiger partial charge in [-0.3, -0.25) is 4.79 Å². The molecule has 0 aliphatic rings. The summed E-state index contributed by atoms with van der Waals surface area (Å²) in [5.74, 6) is 1.15. The Morgan fingerprint density at radius 2 is 1.84 bits per heavy atom. The van der Waals surface area contributed by atoms with Gasteiger partial charge in [0.1, 0.15) is 11.5 Å². The van der Waals surface area contributed by atoms with Gasteiger partial charge in [0.25, 0.3) is 0 Å². The van der Waals surface area contributed by atoms with Gasteiger partial charge in [-0.25, -0.2) is 0 Å². The highest BCUT2D eigenvalue weighted by molar-refractivity contribution is 5.89. The van der Waals surface area contributed by atoms with Gasteiger partial charge in [0.05, 0.1) is 7.11 Å². The van der Waals surface area contributed by atoms with E-state index in [9.17, 15) is 4.79 Å². The van der Waals surface area contributed by atoms with Gasteiger partial charge in [0.15, 0.2) is 0 Å². The fourth-order valence-electron chi connectivity index (χ4n) is 2.29. The fraction of sp³-hybridized carbons (Fsp3) is 0.353. The average Bonchev–Trinajstić information content (AvgIpc) is 2.45. The highest BCUT2D eigenvalue weighted by atomic mass is 16.5. The molecule has 0 spiro atoms. The Morgan fingerprint density at radius 1 is 1.16 bits per heavy atom. The number of methoxy groups -OCH3 is 1. The lowest BCUT2D eigenvalue weighted by molar-refractivity contribution is -0.120. The highest BCUT2D eigenvalue weighted by Crippen LogP contribution is 2.26. The quantitative estimate of drug-likeness (QED) is 0.796.